The fourth-order valence-electron chi connectivity index (χ4n) is 3.73. The fraction of sp³-hybridized carbons (Fsp3) is 0.429. The first-order chi connectivity index (χ1) is 15.8. The Labute approximate surface area is 193 Å². The second-order valence-electron chi connectivity index (χ2n) is 7.80. The van der Waals surface area contributed by atoms with Crippen molar-refractivity contribution in [3.05, 3.63) is 48.3 Å². The van der Waals surface area contributed by atoms with Gasteiger partial charge in [-0.3, -0.25) is 4.72 Å². The summed E-state index contributed by atoms with van der Waals surface area (Å²) in [5, 5.41) is 3.14. The van der Waals surface area contributed by atoms with Gasteiger partial charge in [0.05, 0.1) is 40.5 Å². The van der Waals surface area contributed by atoms with E-state index >= 15 is 0 Å². The van der Waals surface area contributed by atoms with E-state index in [2.05, 4.69) is 10.0 Å². The van der Waals surface area contributed by atoms with Crippen molar-refractivity contribution >= 4 is 31.4 Å². The van der Waals surface area contributed by atoms with Crippen LogP contribution in [0.2, 0.25) is 0 Å². The topological polar surface area (TPSA) is 114 Å². The van der Waals surface area contributed by atoms with E-state index in [0.717, 1.165) is 25.0 Å². The number of hydrogen-bond donors (Lipinski definition) is 2. The van der Waals surface area contributed by atoms with E-state index < -0.39 is 25.9 Å². The molecule has 12 heteroatoms. The van der Waals surface area contributed by atoms with Gasteiger partial charge in [-0.05, 0) is 49.2 Å². The van der Waals surface area contributed by atoms with Crippen molar-refractivity contribution in [2.24, 2.45) is 0 Å². The molecule has 9 nitrogen and oxygen atoms in total. The molecule has 2 aliphatic heterocycles. The van der Waals surface area contributed by atoms with Gasteiger partial charge in [0.1, 0.15) is 5.82 Å². The van der Waals surface area contributed by atoms with Gasteiger partial charge in [-0.25, -0.2) is 21.2 Å². The molecule has 0 radical (unpaired) electrons. The second-order valence-corrected chi connectivity index (χ2v) is 11.4. The van der Waals surface area contributed by atoms with Crippen molar-refractivity contribution < 1.29 is 30.7 Å². The summed E-state index contributed by atoms with van der Waals surface area (Å²) in [6.45, 7) is 2.11. The van der Waals surface area contributed by atoms with Gasteiger partial charge in [0.2, 0.25) is 10.0 Å². The maximum absolute atomic E-state index is 13.6. The average molecular weight is 500 g/mol. The third-order valence-corrected chi connectivity index (χ3v) is 8.75. The quantitative estimate of drug-likeness (QED) is 0.573. The first-order valence-corrected chi connectivity index (χ1v) is 13.5. The van der Waals surface area contributed by atoms with Crippen LogP contribution < -0.4 is 10.0 Å². The Hall–Kier alpha value is -2.25. The number of sulfonamides is 2. The Kier molecular flexibility index (Phi) is 7.19. The standard InChI is InChI=1S/C21H26FN3O6S2/c22-16-3-1-5-18(13-16)32(26,27)24-21-14-19(33(28,29)25-8-11-30-12-9-25)6-7-20(21)23-15-17-4-2-10-31-17/h1,3,5-7,13-14,17,23-24H,2,4,8-12,15H2/t17-/m0/s1. The molecule has 180 valence electrons. The summed E-state index contributed by atoms with van der Waals surface area (Å²) < 4.78 is 80.2. The van der Waals surface area contributed by atoms with Gasteiger partial charge in [0, 0.05) is 26.2 Å². The highest BCUT2D eigenvalue weighted by molar-refractivity contribution is 7.92. The third kappa shape index (κ3) is 5.64. The molecule has 2 fully saturated rings. The van der Waals surface area contributed by atoms with Crippen LogP contribution >= 0.6 is 0 Å². The van der Waals surface area contributed by atoms with Crippen LogP contribution in [0.5, 0.6) is 0 Å². The van der Waals surface area contributed by atoms with Crippen molar-refractivity contribution in [2.45, 2.75) is 28.7 Å². The van der Waals surface area contributed by atoms with Crippen LogP contribution in [-0.4, -0.2) is 66.7 Å². The highest BCUT2D eigenvalue weighted by Crippen LogP contribution is 2.30. The SMILES string of the molecule is O=S(=O)(Nc1cc(S(=O)(=O)N2CCOCC2)ccc1NC[C@@H]1CCCO1)c1cccc(F)c1. The maximum atomic E-state index is 13.6. The van der Waals surface area contributed by atoms with E-state index in [9.17, 15) is 21.2 Å². The van der Waals surface area contributed by atoms with E-state index in [1.54, 1.807) is 0 Å². The normalized spacial score (nSPS) is 20.0. The number of benzene rings is 2. The van der Waals surface area contributed by atoms with E-state index in [-0.39, 0.29) is 34.7 Å². The molecule has 0 amide bonds. The molecule has 2 N–H and O–H groups in total. The van der Waals surface area contributed by atoms with Crippen molar-refractivity contribution in [1.82, 2.24) is 4.31 Å². The van der Waals surface area contributed by atoms with Crippen molar-refractivity contribution in [1.29, 1.82) is 0 Å². The summed E-state index contributed by atoms with van der Waals surface area (Å²) in [6.07, 6.45) is 1.80. The number of nitrogens with one attached hydrogen (secondary N) is 2. The number of ether oxygens (including phenoxy) is 2. The largest absolute Gasteiger partial charge is 0.381 e. The van der Waals surface area contributed by atoms with E-state index in [0.29, 0.717) is 32.1 Å². The van der Waals surface area contributed by atoms with Gasteiger partial charge >= 0.3 is 0 Å². The Morgan fingerprint density at radius 2 is 1.76 bits per heavy atom. The molecule has 2 saturated heterocycles. The molecule has 4 rings (SSSR count). The van der Waals surface area contributed by atoms with Crippen LogP contribution in [-0.2, 0) is 29.5 Å². The Bertz CT molecular complexity index is 1190. The fourth-order valence-corrected chi connectivity index (χ4v) is 6.26. The minimum atomic E-state index is -4.17. The predicted molar refractivity (Wildman–Crippen MR) is 121 cm³/mol. The minimum Gasteiger partial charge on any atom is -0.381 e. The Balaban J connectivity index is 1.66. The zero-order valence-corrected chi connectivity index (χ0v) is 19.5. The summed E-state index contributed by atoms with van der Waals surface area (Å²) in [4.78, 5) is -0.321. The zero-order chi connectivity index (χ0) is 23.5. The van der Waals surface area contributed by atoms with Crippen molar-refractivity contribution in [3.8, 4) is 0 Å². The summed E-state index contributed by atoms with van der Waals surface area (Å²) in [5.41, 5.74) is 0.443. The van der Waals surface area contributed by atoms with Crippen LogP contribution in [0.1, 0.15) is 12.8 Å². The van der Waals surface area contributed by atoms with Crippen LogP contribution in [0.3, 0.4) is 0 Å². The van der Waals surface area contributed by atoms with Gasteiger partial charge in [-0.2, -0.15) is 4.31 Å². The molecule has 0 aliphatic carbocycles. The lowest BCUT2D eigenvalue weighted by atomic mass is 10.2. The van der Waals surface area contributed by atoms with Gasteiger partial charge < -0.3 is 14.8 Å². The number of halogens is 1. The Morgan fingerprint density at radius 1 is 0.970 bits per heavy atom. The first-order valence-electron chi connectivity index (χ1n) is 10.6. The highest BCUT2D eigenvalue weighted by atomic mass is 32.2. The van der Waals surface area contributed by atoms with Gasteiger partial charge in [-0.1, -0.05) is 6.07 Å². The summed E-state index contributed by atoms with van der Waals surface area (Å²) in [7, 11) is -8.03. The van der Waals surface area contributed by atoms with E-state index in [1.165, 1.54) is 34.6 Å². The molecule has 0 saturated carbocycles. The number of nitrogens with zero attached hydrogens (tertiary/aromatic N) is 1. The van der Waals surface area contributed by atoms with E-state index in [1.807, 2.05) is 0 Å². The minimum absolute atomic E-state index is 0.0190. The molecule has 0 spiro atoms. The lowest BCUT2D eigenvalue weighted by molar-refractivity contribution is 0.0730. The molecule has 1 atom stereocenters. The highest BCUT2D eigenvalue weighted by Gasteiger charge is 2.28. The first kappa shape index (κ1) is 23.9. The molecular weight excluding hydrogens is 473 g/mol. The van der Waals surface area contributed by atoms with Crippen molar-refractivity contribution in [3.63, 3.8) is 0 Å². The van der Waals surface area contributed by atoms with Crippen LogP contribution in [0.25, 0.3) is 0 Å². The molecule has 33 heavy (non-hydrogen) atoms. The smallest absolute Gasteiger partial charge is 0.262 e. The van der Waals surface area contributed by atoms with Crippen LogP contribution in [0.4, 0.5) is 15.8 Å². The monoisotopic (exact) mass is 499 g/mol. The lowest BCUT2D eigenvalue weighted by Gasteiger charge is -2.26. The number of hydrogen-bond acceptors (Lipinski definition) is 7. The van der Waals surface area contributed by atoms with Gasteiger partial charge in [-0.15, -0.1) is 0 Å². The summed E-state index contributed by atoms with van der Waals surface area (Å²) in [6, 6.07) is 8.83. The molecule has 0 bridgehead atoms. The molecule has 0 aromatic heterocycles. The number of morpholine rings is 1. The molecule has 2 aliphatic rings. The van der Waals surface area contributed by atoms with Gasteiger partial charge in [0.25, 0.3) is 10.0 Å². The average Bonchev–Trinajstić information content (AvgIpc) is 3.32. The summed E-state index contributed by atoms with van der Waals surface area (Å²) >= 11 is 0. The number of rotatable bonds is 8. The molecule has 2 aromatic carbocycles. The number of anilines is 2. The second kappa shape index (κ2) is 9.94. The van der Waals surface area contributed by atoms with Crippen LogP contribution in [0, 0.1) is 5.82 Å². The van der Waals surface area contributed by atoms with Crippen molar-refractivity contribution in [2.75, 3.05) is 49.5 Å². The predicted octanol–water partition coefficient (Wildman–Crippen LogP) is 2.24. The van der Waals surface area contributed by atoms with Gasteiger partial charge in [0.15, 0.2) is 0 Å². The molecular formula is C21H26FN3O6S2. The molecule has 2 aromatic rings. The van der Waals surface area contributed by atoms with Crippen LogP contribution in [0.15, 0.2) is 52.3 Å². The summed E-state index contributed by atoms with van der Waals surface area (Å²) in [5.74, 6) is -0.696. The molecule has 2 heterocycles. The van der Waals surface area contributed by atoms with E-state index in [4.69, 9.17) is 9.47 Å². The lowest BCUT2D eigenvalue weighted by Crippen LogP contribution is -2.40. The molecule has 0 unspecified atom stereocenters. The zero-order valence-electron chi connectivity index (χ0n) is 17.9. The Morgan fingerprint density at radius 3 is 2.45 bits per heavy atom. The maximum Gasteiger partial charge on any atom is 0.262 e. The third-order valence-electron chi connectivity index (χ3n) is 5.49.